The van der Waals surface area contributed by atoms with Gasteiger partial charge in [0, 0.05) is 31.8 Å². The Morgan fingerprint density at radius 2 is 2.14 bits per heavy atom. The summed E-state index contributed by atoms with van der Waals surface area (Å²) in [6, 6.07) is 10.3. The number of rotatable bonds is 8. The number of nitrogens with zero attached hydrogens (tertiary/aromatic N) is 2. The van der Waals surface area contributed by atoms with Crippen molar-refractivity contribution in [2.24, 2.45) is 10.9 Å². The highest BCUT2D eigenvalue weighted by Crippen LogP contribution is 2.19. The van der Waals surface area contributed by atoms with E-state index in [0.717, 1.165) is 32.5 Å². The molecule has 1 unspecified atom stereocenters. The van der Waals surface area contributed by atoms with Gasteiger partial charge in [-0.2, -0.15) is 0 Å². The molecule has 21 heavy (non-hydrogen) atoms. The van der Waals surface area contributed by atoms with Crippen molar-refractivity contribution in [3.05, 3.63) is 30.3 Å². The number of anilines is 1. The number of amidine groups is 1. The number of oxime groups is 1. The van der Waals surface area contributed by atoms with Crippen LogP contribution in [0.1, 0.15) is 32.1 Å². The molecule has 5 heteroatoms. The highest BCUT2D eigenvalue weighted by Gasteiger charge is 2.15. The molecule has 0 spiro atoms. The first kappa shape index (κ1) is 15.6. The number of benzene rings is 1. The molecule has 0 aromatic heterocycles. The van der Waals surface area contributed by atoms with Gasteiger partial charge in [-0.3, -0.25) is 0 Å². The fourth-order valence-electron chi connectivity index (χ4n) is 2.69. The third kappa shape index (κ3) is 5.27. The van der Waals surface area contributed by atoms with Crippen LogP contribution in [0.25, 0.3) is 0 Å². The standard InChI is InChI=1S/C16H25N3O2/c17-16(18-20)10-12-19(14-6-2-1-3-7-14)11-4-8-15-9-5-13-21-15/h1-3,6-7,15,20H,4-5,8-13H2,(H2,17,18). The normalized spacial score (nSPS) is 18.9. The van der Waals surface area contributed by atoms with Crippen molar-refractivity contribution in [3.8, 4) is 0 Å². The van der Waals surface area contributed by atoms with Gasteiger partial charge in [-0.15, -0.1) is 0 Å². The Hall–Kier alpha value is -1.75. The fourth-order valence-corrected chi connectivity index (χ4v) is 2.69. The molecule has 0 saturated carbocycles. The van der Waals surface area contributed by atoms with Gasteiger partial charge in [-0.1, -0.05) is 23.4 Å². The molecule has 1 saturated heterocycles. The molecule has 1 aliphatic rings. The molecule has 0 bridgehead atoms. The van der Waals surface area contributed by atoms with Gasteiger partial charge in [0.25, 0.3) is 0 Å². The van der Waals surface area contributed by atoms with Crippen molar-refractivity contribution in [2.45, 2.75) is 38.2 Å². The van der Waals surface area contributed by atoms with E-state index in [2.05, 4.69) is 22.2 Å². The minimum absolute atomic E-state index is 0.273. The molecule has 1 atom stereocenters. The predicted octanol–water partition coefficient (Wildman–Crippen LogP) is 2.59. The quantitative estimate of drug-likeness (QED) is 0.334. The first-order valence-electron chi connectivity index (χ1n) is 7.67. The van der Waals surface area contributed by atoms with Crippen LogP contribution in [0.4, 0.5) is 5.69 Å². The van der Waals surface area contributed by atoms with Crippen LogP contribution in [0.5, 0.6) is 0 Å². The minimum Gasteiger partial charge on any atom is -0.409 e. The highest BCUT2D eigenvalue weighted by atomic mass is 16.5. The zero-order chi connectivity index (χ0) is 14.9. The van der Waals surface area contributed by atoms with Crippen LogP contribution in [0.2, 0.25) is 0 Å². The third-order valence-electron chi connectivity index (χ3n) is 3.87. The van der Waals surface area contributed by atoms with E-state index in [1.54, 1.807) is 0 Å². The van der Waals surface area contributed by atoms with Crippen molar-refractivity contribution in [1.82, 2.24) is 0 Å². The lowest BCUT2D eigenvalue weighted by Gasteiger charge is -2.25. The van der Waals surface area contributed by atoms with Gasteiger partial charge in [0.2, 0.25) is 0 Å². The lowest BCUT2D eigenvalue weighted by Crippen LogP contribution is -2.29. The topological polar surface area (TPSA) is 71.1 Å². The Labute approximate surface area is 126 Å². The Morgan fingerprint density at radius 3 is 2.81 bits per heavy atom. The summed E-state index contributed by atoms with van der Waals surface area (Å²) in [6.07, 6.45) is 5.58. The fraction of sp³-hybridized carbons (Fsp3) is 0.562. The summed E-state index contributed by atoms with van der Waals surface area (Å²) in [5, 5.41) is 11.7. The molecule has 1 fully saturated rings. The van der Waals surface area contributed by atoms with E-state index >= 15 is 0 Å². The SMILES string of the molecule is NC(CCN(CCCC1CCCO1)c1ccccc1)=NO. The summed E-state index contributed by atoms with van der Waals surface area (Å²) >= 11 is 0. The number of para-hydroxylation sites is 1. The van der Waals surface area contributed by atoms with E-state index in [1.807, 2.05) is 18.2 Å². The van der Waals surface area contributed by atoms with Crippen molar-refractivity contribution in [3.63, 3.8) is 0 Å². The van der Waals surface area contributed by atoms with Gasteiger partial charge in [-0.25, -0.2) is 0 Å². The van der Waals surface area contributed by atoms with Gasteiger partial charge in [-0.05, 0) is 37.8 Å². The average molecular weight is 291 g/mol. The number of ether oxygens (including phenoxy) is 1. The summed E-state index contributed by atoms with van der Waals surface area (Å²) < 4.78 is 5.67. The van der Waals surface area contributed by atoms with Crippen molar-refractivity contribution in [1.29, 1.82) is 0 Å². The second-order valence-corrected chi connectivity index (χ2v) is 5.44. The van der Waals surface area contributed by atoms with Gasteiger partial charge >= 0.3 is 0 Å². The van der Waals surface area contributed by atoms with Crippen LogP contribution >= 0.6 is 0 Å². The predicted molar refractivity (Wildman–Crippen MR) is 84.9 cm³/mol. The number of hydrogen-bond donors (Lipinski definition) is 2. The Morgan fingerprint density at radius 1 is 1.33 bits per heavy atom. The van der Waals surface area contributed by atoms with Crippen LogP contribution in [0.3, 0.4) is 0 Å². The Balaban J connectivity index is 1.85. The molecule has 1 heterocycles. The zero-order valence-electron chi connectivity index (χ0n) is 12.4. The first-order chi connectivity index (χ1) is 10.3. The maximum Gasteiger partial charge on any atom is 0.140 e. The molecule has 1 aliphatic heterocycles. The highest BCUT2D eigenvalue weighted by molar-refractivity contribution is 5.80. The monoisotopic (exact) mass is 291 g/mol. The van der Waals surface area contributed by atoms with Crippen LogP contribution in [0.15, 0.2) is 35.5 Å². The molecular weight excluding hydrogens is 266 g/mol. The molecule has 0 aliphatic carbocycles. The Kier molecular flexibility index (Phi) is 6.34. The zero-order valence-corrected chi connectivity index (χ0v) is 12.4. The van der Waals surface area contributed by atoms with Crippen LogP contribution in [-0.2, 0) is 4.74 Å². The molecule has 1 aromatic rings. The lowest BCUT2D eigenvalue weighted by atomic mass is 10.1. The molecule has 0 radical (unpaired) electrons. The van der Waals surface area contributed by atoms with Gasteiger partial charge in [0.05, 0.1) is 6.10 Å². The summed E-state index contributed by atoms with van der Waals surface area (Å²) in [5.74, 6) is 0.273. The van der Waals surface area contributed by atoms with Crippen molar-refractivity contribution >= 4 is 11.5 Å². The van der Waals surface area contributed by atoms with Crippen LogP contribution < -0.4 is 10.6 Å². The van der Waals surface area contributed by atoms with E-state index in [0.29, 0.717) is 12.5 Å². The summed E-state index contributed by atoms with van der Waals surface area (Å²) in [4.78, 5) is 2.28. The molecule has 3 N–H and O–H groups in total. The summed E-state index contributed by atoms with van der Waals surface area (Å²) in [6.45, 7) is 2.63. The maximum absolute atomic E-state index is 8.67. The summed E-state index contributed by atoms with van der Waals surface area (Å²) in [5.41, 5.74) is 6.76. The average Bonchev–Trinajstić information content (AvgIpc) is 3.04. The van der Waals surface area contributed by atoms with E-state index in [9.17, 15) is 0 Å². The van der Waals surface area contributed by atoms with Crippen LogP contribution in [-0.4, -0.2) is 36.8 Å². The van der Waals surface area contributed by atoms with Crippen LogP contribution in [0, 0.1) is 0 Å². The smallest absolute Gasteiger partial charge is 0.140 e. The van der Waals surface area contributed by atoms with E-state index < -0.39 is 0 Å². The second kappa shape index (κ2) is 8.52. The van der Waals surface area contributed by atoms with Gasteiger partial charge in [0.15, 0.2) is 0 Å². The molecule has 5 nitrogen and oxygen atoms in total. The lowest BCUT2D eigenvalue weighted by molar-refractivity contribution is 0.103. The first-order valence-corrected chi connectivity index (χ1v) is 7.67. The molecular formula is C16H25N3O2. The summed E-state index contributed by atoms with van der Waals surface area (Å²) in [7, 11) is 0. The minimum atomic E-state index is 0.273. The van der Waals surface area contributed by atoms with E-state index in [4.69, 9.17) is 15.7 Å². The number of hydrogen-bond acceptors (Lipinski definition) is 4. The van der Waals surface area contributed by atoms with E-state index in [-0.39, 0.29) is 5.84 Å². The van der Waals surface area contributed by atoms with Crippen molar-refractivity contribution < 1.29 is 9.94 Å². The Bertz CT molecular complexity index is 430. The number of nitrogens with two attached hydrogens (primary N) is 1. The second-order valence-electron chi connectivity index (χ2n) is 5.44. The molecule has 1 aromatic carbocycles. The maximum atomic E-state index is 8.67. The molecule has 2 rings (SSSR count). The van der Waals surface area contributed by atoms with Crippen molar-refractivity contribution in [2.75, 3.05) is 24.6 Å². The van der Waals surface area contributed by atoms with Gasteiger partial charge < -0.3 is 20.6 Å². The van der Waals surface area contributed by atoms with Gasteiger partial charge in [0.1, 0.15) is 5.84 Å². The molecule has 0 amide bonds. The largest absolute Gasteiger partial charge is 0.409 e. The van der Waals surface area contributed by atoms with E-state index in [1.165, 1.54) is 18.5 Å². The third-order valence-corrected chi connectivity index (χ3v) is 3.87. The molecule has 116 valence electrons.